The molecule has 0 aromatic heterocycles. The molecule has 0 aliphatic heterocycles. The first-order chi connectivity index (χ1) is 8.50. The number of benzene rings is 2. The minimum Gasteiger partial charge on any atom is -0.504 e. The fraction of sp³-hybridized carbons (Fsp3) is 0.250. The van der Waals surface area contributed by atoms with Gasteiger partial charge in [-0.15, -0.1) is 0 Å². The normalized spacial score (nSPS) is 10.4. The van der Waals surface area contributed by atoms with E-state index in [2.05, 4.69) is 0 Å². The summed E-state index contributed by atoms with van der Waals surface area (Å²) >= 11 is 0. The van der Waals surface area contributed by atoms with Crippen LogP contribution in [0.4, 0.5) is 0 Å². The van der Waals surface area contributed by atoms with Crippen LogP contribution < -0.4 is 4.74 Å². The van der Waals surface area contributed by atoms with Crippen LogP contribution in [0.5, 0.6) is 17.2 Å². The fourth-order valence-corrected chi connectivity index (χ4v) is 1.81. The van der Waals surface area contributed by atoms with E-state index in [4.69, 9.17) is 4.74 Å². The first kappa shape index (κ1) is 12.5. The molecule has 0 radical (unpaired) electrons. The second-order valence-electron chi connectivity index (χ2n) is 4.65. The Hall–Kier alpha value is -1.96. The molecule has 0 saturated heterocycles. The van der Waals surface area contributed by atoms with Crippen molar-refractivity contribution >= 4 is 0 Å². The van der Waals surface area contributed by atoms with Crippen molar-refractivity contribution in [2.45, 2.75) is 27.7 Å². The lowest BCUT2D eigenvalue weighted by Crippen LogP contribution is -1.92. The van der Waals surface area contributed by atoms with Crippen LogP contribution in [0.2, 0.25) is 0 Å². The topological polar surface area (TPSA) is 29.5 Å². The standard InChI is InChI=1S/C16H18O2/c1-10-6-5-7-14(12(10)3)18-15-9-8-11(2)13(4)16(15)17/h5-9,17H,1-4H3. The van der Waals surface area contributed by atoms with Gasteiger partial charge in [-0.2, -0.15) is 0 Å². The van der Waals surface area contributed by atoms with E-state index in [1.54, 1.807) is 6.07 Å². The summed E-state index contributed by atoms with van der Waals surface area (Å²) in [5.41, 5.74) is 4.18. The van der Waals surface area contributed by atoms with E-state index in [0.717, 1.165) is 22.4 Å². The highest BCUT2D eigenvalue weighted by Crippen LogP contribution is 2.36. The molecule has 0 aliphatic carbocycles. The minimum absolute atomic E-state index is 0.218. The van der Waals surface area contributed by atoms with Crippen LogP contribution in [0, 0.1) is 27.7 Å². The molecule has 1 N–H and O–H groups in total. The van der Waals surface area contributed by atoms with E-state index in [9.17, 15) is 5.11 Å². The number of hydrogen-bond donors (Lipinski definition) is 1. The third kappa shape index (κ3) is 2.19. The van der Waals surface area contributed by atoms with Gasteiger partial charge >= 0.3 is 0 Å². The smallest absolute Gasteiger partial charge is 0.169 e. The summed E-state index contributed by atoms with van der Waals surface area (Å²) in [6.45, 7) is 7.92. The van der Waals surface area contributed by atoms with Gasteiger partial charge in [0.2, 0.25) is 0 Å². The molecule has 0 unspecified atom stereocenters. The summed E-state index contributed by atoms with van der Waals surface area (Å²) < 4.78 is 5.81. The van der Waals surface area contributed by atoms with Gasteiger partial charge in [0.05, 0.1) is 0 Å². The minimum atomic E-state index is 0.218. The van der Waals surface area contributed by atoms with Crippen LogP contribution in [0.3, 0.4) is 0 Å². The van der Waals surface area contributed by atoms with E-state index in [1.165, 1.54) is 5.56 Å². The zero-order valence-electron chi connectivity index (χ0n) is 11.2. The van der Waals surface area contributed by atoms with Gasteiger partial charge in [-0.3, -0.25) is 0 Å². The van der Waals surface area contributed by atoms with Gasteiger partial charge in [-0.1, -0.05) is 18.2 Å². The van der Waals surface area contributed by atoms with Crippen molar-refractivity contribution in [1.29, 1.82) is 0 Å². The van der Waals surface area contributed by atoms with Crippen LogP contribution >= 0.6 is 0 Å². The molecular weight excluding hydrogens is 224 g/mol. The quantitative estimate of drug-likeness (QED) is 0.844. The Morgan fingerprint density at radius 3 is 2.17 bits per heavy atom. The maximum Gasteiger partial charge on any atom is 0.169 e. The molecule has 0 heterocycles. The molecule has 0 spiro atoms. The van der Waals surface area contributed by atoms with Crippen molar-refractivity contribution in [2.24, 2.45) is 0 Å². The van der Waals surface area contributed by atoms with Gasteiger partial charge in [0.25, 0.3) is 0 Å². The van der Waals surface area contributed by atoms with Crippen molar-refractivity contribution < 1.29 is 9.84 Å². The molecule has 0 atom stereocenters. The first-order valence-electron chi connectivity index (χ1n) is 6.04. The molecular formula is C16H18O2. The number of rotatable bonds is 2. The van der Waals surface area contributed by atoms with E-state index in [0.29, 0.717) is 5.75 Å². The number of ether oxygens (including phenoxy) is 1. The lowest BCUT2D eigenvalue weighted by atomic mass is 10.1. The van der Waals surface area contributed by atoms with Crippen LogP contribution in [0.25, 0.3) is 0 Å². The van der Waals surface area contributed by atoms with Gasteiger partial charge in [-0.25, -0.2) is 0 Å². The molecule has 0 bridgehead atoms. The first-order valence-corrected chi connectivity index (χ1v) is 6.04. The summed E-state index contributed by atoms with van der Waals surface area (Å²) in [4.78, 5) is 0. The lowest BCUT2D eigenvalue weighted by Gasteiger charge is -2.13. The Balaban J connectivity index is 2.41. The predicted octanol–water partition coefficient (Wildman–Crippen LogP) is 4.42. The Bertz CT molecular complexity index is 586. The van der Waals surface area contributed by atoms with Crippen molar-refractivity contribution in [3.8, 4) is 17.2 Å². The molecule has 0 amide bonds. The highest BCUT2D eigenvalue weighted by Gasteiger charge is 2.10. The second kappa shape index (κ2) is 4.73. The van der Waals surface area contributed by atoms with E-state index in [-0.39, 0.29) is 5.75 Å². The number of phenols is 1. The lowest BCUT2D eigenvalue weighted by molar-refractivity contribution is 0.406. The summed E-state index contributed by atoms with van der Waals surface area (Å²) in [7, 11) is 0. The number of hydrogen-bond acceptors (Lipinski definition) is 2. The Morgan fingerprint density at radius 2 is 1.44 bits per heavy atom. The third-order valence-electron chi connectivity index (χ3n) is 3.44. The van der Waals surface area contributed by atoms with Gasteiger partial charge in [0, 0.05) is 0 Å². The molecule has 0 saturated carbocycles. The SMILES string of the molecule is Cc1cccc(Oc2ccc(C)c(C)c2O)c1C. The predicted molar refractivity (Wildman–Crippen MR) is 73.6 cm³/mol. The van der Waals surface area contributed by atoms with Gasteiger partial charge < -0.3 is 9.84 Å². The average molecular weight is 242 g/mol. The molecule has 2 aromatic carbocycles. The number of aromatic hydroxyl groups is 1. The summed E-state index contributed by atoms with van der Waals surface area (Å²) in [5.74, 6) is 1.51. The van der Waals surface area contributed by atoms with E-state index >= 15 is 0 Å². The Labute approximate surface area is 108 Å². The molecule has 0 aliphatic rings. The monoisotopic (exact) mass is 242 g/mol. The van der Waals surface area contributed by atoms with Crippen molar-refractivity contribution in [2.75, 3.05) is 0 Å². The summed E-state index contributed by atoms with van der Waals surface area (Å²) in [6, 6.07) is 9.67. The molecule has 94 valence electrons. The maximum atomic E-state index is 10.1. The van der Waals surface area contributed by atoms with Gasteiger partial charge in [0.15, 0.2) is 11.5 Å². The van der Waals surface area contributed by atoms with Crippen molar-refractivity contribution in [3.63, 3.8) is 0 Å². The highest BCUT2D eigenvalue weighted by atomic mass is 16.5. The second-order valence-corrected chi connectivity index (χ2v) is 4.65. The summed E-state index contributed by atoms with van der Waals surface area (Å²) in [6.07, 6.45) is 0. The van der Waals surface area contributed by atoms with Crippen molar-refractivity contribution in [3.05, 3.63) is 52.6 Å². The van der Waals surface area contributed by atoms with Gasteiger partial charge in [-0.05, 0) is 62.1 Å². The molecule has 2 heteroatoms. The van der Waals surface area contributed by atoms with Crippen LogP contribution in [-0.4, -0.2) is 5.11 Å². The Morgan fingerprint density at radius 1 is 0.778 bits per heavy atom. The number of phenolic OH excluding ortho intramolecular Hbond substituents is 1. The zero-order chi connectivity index (χ0) is 13.3. The molecule has 2 aromatic rings. The van der Waals surface area contributed by atoms with Crippen molar-refractivity contribution in [1.82, 2.24) is 0 Å². The highest BCUT2D eigenvalue weighted by molar-refractivity contribution is 5.51. The molecule has 18 heavy (non-hydrogen) atoms. The summed E-state index contributed by atoms with van der Waals surface area (Å²) in [5, 5.41) is 10.1. The molecule has 2 nitrogen and oxygen atoms in total. The molecule has 2 rings (SSSR count). The van der Waals surface area contributed by atoms with E-state index < -0.39 is 0 Å². The maximum absolute atomic E-state index is 10.1. The third-order valence-corrected chi connectivity index (χ3v) is 3.44. The van der Waals surface area contributed by atoms with Crippen LogP contribution in [0.1, 0.15) is 22.3 Å². The van der Waals surface area contributed by atoms with Crippen LogP contribution in [0.15, 0.2) is 30.3 Å². The Kier molecular flexibility index (Phi) is 3.28. The van der Waals surface area contributed by atoms with E-state index in [1.807, 2.05) is 52.0 Å². The average Bonchev–Trinajstić information content (AvgIpc) is 2.35. The number of aryl methyl sites for hydroxylation is 2. The van der Waals surface area contributed by atoms with Crippen LogP contribution in [-0.2, 0) is 0 Å². The largest absolute Gasteiger partial charge is 0.504 e. The molecule has 0 fully saturated rings. The van der Waals surface area contributed by atoms with Gasteiger partial charge in [0.1, 0.15) is 5.75 Å². The fourth-order valence-electron chi connectivity index (χ4n) is 1.81. The zero-order valence-corrected chi connectivity index (χ0v) is 11.2.